The van der Waals surface area contributed by atoms with E-state index in [0.29, 0.717) is 17.3 Å². The fourth-order valence-electron chi connectivity index (χ4n) is 3.30. The first-order valence-electron chi connectivity index (χ1n) is 9.48. The van der Waals surface area contributed by atoms with Crippen molar-refractivity contribution in [2.45, 2.75) is 38.0 Å². The zero-order valence-electron chi connectivity index (χ0n) is 16.6. The van der Waals surface area contributed by atoms with Crippen LogP contribution in [0.4, 0.5) is 5.95 Å². The van der Waals surface area contributed by atoms with Gasteiger partial charge in [0.25, 0.3) is 5.91 Å². The van der Waals surface area contributed by atoms with Gasteiger partial charge in [-0.2, -0.15) is 0 Å². The molecule has 2 aromatic carbocycles. The highest BCUT2D eigenvalue weighted by Gasteiger charge is 2.17. The lowest BCUT2D eigenvalue weighted by Crippen LogP contribution is -2.16. The molecule has 0 saturated carbocycles. The number of carbonyl (C=O) groups is 1. The number of nitrogens with one attached hydrogen (secondary N) is 1. The predicted molar refractivity (Wildman–Crippen MR) is 115 cm³/mol. The molecule has 0 aliphatic heterocycles. The van der Waals surface area contributed by atoms with Crippen LogP contribution in [0.1, 0.15) is 34.3 Å². The summed E-state index contributed by atoms with van der Waals surface area (Å²) >= 11 is 1.60. The van der Waals surface area contributed by atoms with Gasteiger partial charge < -0.3 is 9.09 Å². The summed E-state index contributed by atoms with van der Waals surface area (Å²) in [5.41, 5.74) is 4.45. The van der Waals surface area contributed by atoms with E-state index in [1.807, 2.05) is 73.9 Å². The van der Waals surface area contributed by atoms with Gasteiger partial charge in [-0.15, -0.1) is 11.8 Å². The second-order valence-electron chi connectivity index (χ2n) is 6.71. The number of carbonyl (C=O) groups excluding carboxylic acids is 1. The van der Waals surface area contributed by atoms with Crippen LogP contribution in [-0.2, 0) is 12.3 Å². The van der Waals surface area contributed by atoms with Gasteiger partial charge in [0.2, 0.25) is 5.95 Å². The molecule has 0 spiro atoms. The zero-order chi connectivity index (χ0) is 20.4. The molecule has 0 aliphatic rings. The van der Waals surface area contributed by atoms with Gasteiger partial charge in [-0.1, -0.05) is 29.4 Å². The van der Waals surface area contributed by atoms with E-state index in [9.17, 15) is 4.79 Å². The van der Waals surface area contributed by atoms with E-state index in [4.69, 9.17) is 4.52 Å². The number of aryl methyl sites for hydroxylation is 3. The van der Waals surface area contributed by atoms with Crippen LogP contribution in [0.15, 0.2) is 57.9 Å². The number of amides is 1. The Kier molecular flexibility index (Phi) is 5.40. The van der Waals surface area contributed by atoms with Gasteiger partial charge in [0.1, 0.15) is 5.76 Å². The lowest BCUT2D eigenvalue weighted by atomic mass is 10.2. The number of imidazole rings is 1. The standard InChI is InChI=1S/C22H22N4O2S/c1-4-26-19-11-7-6-10-18(19)23-22(26)24-21(27)16-9-5-8-12-20(16)29-13-17-14(2)25-28-15(17)3/h5-12H,4,13H2,1-3H3,(H,23,24,27). The average molecular weight is 407 g/mol. The van der Waals surface area contributed by atoms with E-state index in [1.165, 1.54) is 0 Å². The number of aromatic nitrogens is 3. The Morgan fingerprint density at radius 2 is 1.90 bits per heavy atom. The first-order valence-corrected chi connectivity index (χ1v) is 10.5. The lowest BCUT2D eigenvalue weighted by molar-refractivity contribution is 0.102. The van der Waals surface area contributed by atoms with Crippen LogP contribution in [0.5, 0.6) is 0 Å². The fraction of sp³-hybridized carbons (Fsp3) is 0.227. The molecule has 2 aromatic heterocycles. The third-order valence-corrected chi connectivity index (χ3v) is 5.98. The molecule has 0 atom stereocenters. The number of fused-ring (bicyclic) bond motifs is 1. The highest BCUT2D eigenvalue weighted by molar-refractivity contribution is 7.98. The number of para-hydroxylation sites is 2. The maximum atomic E-state index is 13.1. The number of anilines is 1. The summed E-state index contributed by atoms with van der Waals surface area (Å²) in [6, 6.07) is 15.5. The van der Waals surface area contributed by atoms with Crippen LogP contribution in [0.3, 0.4) is 0 Å². The third-order valence-electron chi connectivity index (χ3n) is 4.88. The van der Waals surface area contributed by atoms with Crippen molar-refractivity contribution in [2.75, 3.05) is 5.32 Å². The van der Waals surface area contributed by atoms with Gasteiger partial charge in [-0.3, -0.25) is 10.1 Å². The topological polar surface area (TPSA) is 73.0 Å². The van der Waals surface area contributed by atoms with E-state index in [0.717, 1.165) is 39.5 Å². The first-order chi connectivity index (χ1) is 14.1. The number of hydrogen-bond donors (Lipinski definition) is 1. The Morgan fingerprint density at radius 3 is 2.66 bits per heavy atom. The number of benzene rings is 2. The van der Waals surface area contributed by atoms with E-state index in [2.05, 4.69) is 15.5 Å². The average Bonchev–Trinajstić information content (AvgIpc) is 3.25. The highest BCUT2D eigenvalue weighted by atomic mass is 32.2. The van der Waals surface area contributed by atoms with Crippen LogP contribution < -0.4 is 5.32 Å². The molecule has 0 radical (unpaired) electrons. The molecule has 7 heteroatoms. The number of hydrogen-bond acceptors (Lipinski definition) is 5. The Bertz CT molecular complexity index is 1160. The highest BCUT2D eigenvalue weighted by Crippen LogP contribution is 2.29. The SMILES string of the molecule is CCn1c(NC(=O)c2ccccc2SCc2c(C)noc2C)nc2ccccc21. The second-order valence-corrected chi connectivity index (χ2v) is 7.73. The molecule has 4 aromatic rings. The minimum Gasteiger partial charge on any atom is -0.361 e. The van der Waals surface area contributed by atoms with Gasteiger partial charge >= 0.3 is 0 Å². The smallest absolute Gasteiger partial charge is 0.259 e. The molecule has 4 rings (SSSR count). The molecule has 1 amide bonds. The van der Waals surface area contributed by atoms with Crippen molar-refractivity contribution in [1.29, 1.82) is 0 Å². The number of thioether (sulfide) groups is 1. The van der Waals surface area contributed by atoms with Crippen LogP contribution in [0.2, 0.25) is 0 Å². The molecule has 2 heterocycles. The zero-order valence-corrected chi connectivity index (χ0v) is 17.4. The van der Waals surface area contributed by atoms with Crippen LogP contribution in [-0.4, -0.2) is 20.6 Å². The Hall–Kier alpha value is -3.06. The van der Waals surface area contributed by atoms with Crippen molar-refractivity contribution in [2.24, 2.45) is 0 Å². The Labute approximate surface area is 173 Å². The molecule has 29 heavy (non-hydrogen) atoms. The van der Waals surface area contributed by atoms with Gasteiger partial charge in [0, 0.05) is 22.8 Å². The fourth-order valence-corrected chi connectivity index (χ4v) is 4.50. The molecular formula is C22H22N4O2S. The summed E-state index contributed by atoms with van der Waals surface area (Å²) < 4.78 is 7.25. The maximum Gasteiger partial charge on any atom is 0.259 e. The van der Waals surface area contributed by atoms with E-state index in [1.54, 1.807) is 11.8 Å². The molecule has 0 fully saturated rings. The Balaban J connectivity index is 1.58. The number of rotatable bonds is 6. The van der Waals surface area contributed by atoms with Crippen molar-refractivity contribution in [3.8, 4) is 0 Å². The largest absolute Gasteiger partial charge is 0.361 e. The van der Waals surface area contributed by atoms with E-state index < -0.39 is 0 Å². The van der Waals surface area contributed by atoms with Crippen molar-refractivity contribution >= 4 is 34.7 Å². The Morgan fingerprint density at radius 1 is 1.14 bits per heavy atom. The molecule has 0 bridgehead atoms. The third kappa shape index (κ3) is 3.78. The monoisotopic (exact) mass is 406 g/mol. The summed E-state index contributed by atoms with van der Waals surface area (Å²) in [5.74, 6) is 1.90. The summed E-state index contributed by atoms with van der Waals surface area (Å²) in [7, 11) is 0. The summed E-state index contributed by atoms with van der Waals surface area (Å²) in [6.45, 7) is 6.60. The molecule has 148 valence electrons. The van der Waals surface area contributed by atoms with E-state index >= 15 is 0 Å². The predicted octanol–water partition coefficient (Wildman–Crippen LogP) is 5.21. The van der Waals surface area contributed by atoms with Gasteiger partial charge in [-0.25, -0.2) is 4.98 Å². The normalized spacial score (nSPS) is 11.1. The van der Waals surface area contributed by atoms with Gasteiger partial charge in [0.05, 0.1) is 22.3 Å². The van der Waals surface area contributed by atoms with Crippen molar-refractivity contribution in [3.63, 3.8) is 0 Å². The van der Waals surface area contributed by atoms with Crippen molar-refractivity contribution < 1.29 is 9.32 Å². The summed E-state index contributed by atoms with van der Waals surface area (Å²) in [4.78, 5) is 18.6. The first kappa shape index (κ1) is 19.3. The molecule has 6 nitrogen and oxygen atoms in total. The maximum absolute atomic E-state index is 13.1. The van der Waals surface area contributed by atoms with Crippen LogP contribution in [0, 0.1) is 13.8 Å². The van der Waals surface area contributed by atoms with Crippen molar-refractivity contribution in [1.82, 2.24) is 14.7 Å². The van der Waals surface area contributed by atoms with Crippen LogP contribution >= 0.6 is 11.8 Å². The van der Waals surface area contributed by atoms with Crippen molar-refractivity contribution in [3.05, 3.63) is 71.1 Å². The molecule has 0 saturated heterocycles. The quantitative estimate of drug-likeness (QED) is 0.445. The molecular weight excluding hydrogens is 384 g/mol. The summed E-state index contributed by atoms with van der Waals surface area (Å²) in [5, 5.41) is 7.00. The number of nitrogens with zero attached hydrogens (tertiary/aromatic N) is 3. The molecule has 0 unspecified atom stereocenters. The van der Waals surface area contributed by atoms with Crippen LogP contribution in [0.25, 0.3) is 11.0 Å². The minimum absolute atomic E-state index is 0.170. The second kappa shape index (κ2) is 8.13. The molecule has 0 aliphatic carbocycles. The van der Waals surface area contributed by atoms with Gasteiger partial charge in [-0.05, 0) is 45.0 Å². The summed E-state index contributed by atoms with van der Waals surface area (Å²) in [6.07, 6.45) is 0. The minimum atomic E-state index is -0.170. The van der Waals surface area contributed by atoms with E-state index in [-0.39, 0.29) is 5.91 Å². The lowest BCUT2D eigenvalue weighted by Gasteiger charge is -2.11. The molecule has 1 N–H and O–H groups in total. The van der Waals surface area contributed by atoms with Gasteiger partial charge in [0.15, 0.2) is 0 Å².